The predicted molar refractivity (Wildman–Crippen MR) is 88.2 cm³/mol. The zero-order valence-corrected chi connectivity index (χ0v) is 13.6. The minimum Gasteiger partial charge on any atom is -0.315 e. The first-order chi connectivity index (χ1) is 10.2. The zero-order valence-electron chi connectivity index (χ0n) is 12.8. The van der Waals surface area contributed by atoms with Crippen molar-refractivity contribution in [3.63, 3.8) is 0 Å². The highest BCUT2D eigenvalue weighted by Gasteiger charge is 2.21. The van der Waals surface area contributed by atoms with Crippen LogP contribution in [0.5, 0.6) is 0 Å². The molecule has 0 amide bonds. The molecule has 1 fully saturated rings. The second-order valence-electron chi connectivity index (χ2n) is 6.14. The molecule has 1 aliphatic rings. The molecular formula is C17H23FN2S. The third-order valence-corrected chi connectivity index (χ3v) is 5.60. The molecule has 3 rings (SSSR count). The lowest BCUT2D eigenvalue weighted by atomic mass is 9.85. The van der Waals surface area contributed by atoms with Crippen LogP contribution in [0.2, 0.25) is 0 Å². The van der Waals surface area contributed by atoms with Gasteiger partial charge in [-0.25, -0.2) is 4.39 Å². The molecule has 1 N–H and O–H groups in total. The molecule has 0 unspecified atom stereocenters. The highest BCUT2D eigenvalue weighted by Crippen LogP contribution is 2.34. The maximum absolute atomic E-state index is 14.3. The largest absolute Gasteiger partial charge is 0.315 e. The summed E-state index contributed by atoms with van der Waals surface area (Å²) in [4.78, 5) is 3.62. The summed E-state index contributed by atoms with van der Waals surface area (Å²) in [7, 11) is 4.11. The van der Waals surface area contributed by atoms with Gasteiger partial charge in [-0.3, -0.25) is 0 Å². The fraction of sp³-hybridized carbons (Fsp3) is 0.529. The lowest BCUT2D eigenvalue weighted by Gasteiger charge is -2.30. The summed E-state index contributed by atoms with van der Waals surface area (Å²) in [5, 5.41) is 4.04. The van der Waals surface area contributed by atoms with Crippen LogP contribution in [0.1, 0.15) is 29.7 Å². The molecule has 1 aromatic heterocycles. The van der Waals surface area contributed by atoms with Crippen molar-refractivity contribution in [2.75, 3.05) is 20.6 Å². The third kappa shape index (κ3) is 3.12. The third-order valence-electron chi connectivity index (χ3n) is 4.41. The van der Waals surface area contributed by atoms with E-state index < -0.39 is 0 Å². The minimum absolute atomic E-state index is 0.0850. The molecule has 1 saturated carbocycles. The molecule has 0 aliphatic heterocycles. The average Bonchev–Trinajstić information content (AvgIpc) is 2.74. The maximum atomic E-state index is 14.3. The molecule has 1 heterocycles. The summed E-state index contributed by atoms with van der Waals surface area (Å²) in [5.74, 6) is 0.760. The van der Waals surface area contributed by atoms with Crippen molar-refractivity contribution in [1.82, 2.24) is 10.2 Å². The van der Waals surface area contributed by atoms with Crippen molar-refractivity contribution in [2.24, 2.45) is 5.92 Å². The standard InChI is InChI=1S/C17H23FN2S/c1-19-9-16-13(11-20(2)10-12-5-3-6-12)17-14(18)7-4-8-15(17)21-16/h4,7-8,12,19H,3,5-6,9-11H2,1-2H3. The first-order valence-corrected chi connectivity index (χ1v) is 8.52. The quantitative estimate of drug-likeness (QED) is 0.868. The molecule has 114 valence electrons. The Morgan fingerprint density at radius 1 is 1.38 bits per heavy atom. The number of rotatable bonds is 6. The molecule has 1 aliphatic carbocycles. The lowest BCUT2D eigenvalue weighted by Crippen LogP contribution is -2.29. The SMILES string of the molecule is CNCc1sc2cccc(F)c2c1CN(C)CC1CCC1. The van der Waals surface area contributed by atoms with E-state index in [0.29, 0.717) is 0 Å². The topological polar surface area (TPSA) is 15.3 Å². The number of hydrogen-bond acceptors (Lipinski definition) is 3. The summed E-state index contributed by atoms with van der Waals surface area (Å²) in [6.07, 6.45) is 4.08. The highest BCUT2D eigenvalue weighted by molar-refractivity contribution is 7.19. The van der Waals surface area contributed by atoms with Gasteiger partial charge < -0.3 is 10.2 Å². The van der Waals surface area contributed by atoms with Crippen molar-refractivity contribution < 1.29 is 4.39 Å². The Balaban J connectivity index is 1.88. The summed E-state index contributed by atoms with van der Waals surface area (Å²) < 4.78 is 15.3. The van der Waals surface area contributed by atoms with Crippen LogP contribution in [0, 0.1) is 11.7 Å². The van der Waals surface area contributed by atoms with Gasteiger partial charge in [0.15, 0.2) is 0 Å². The molecule has 2 nitrogen and oxygen atoms in total. The minimum atomic E-state index is -0.0850. The monoisotopic (exact) mass is 306 g/mol. The van der Waals surface area contributed by atoms with Gasteiger partial charge >= 0.3 is 0 Å². The highest BCUT2D eigenvalue weighted by atomic mass is 32.1. The normalized spacial score (nSPS) is 15.8. The van der Waals surface area contributed by atoms with Gasteiger partial charge in [0.1, 0.15) is 5.82 Å². The zero-order chi connectivity index (χ0) is 14.8. The van der Waals surface area contributed by atoms with Crippen LogP contribution < -0.4 is 5.32 Å². The number of thiophene rings is 1. The van der Waals surface area contributed by atoms with Gasteiger partial charge in [-0.05, 0) is 50.6 Å². The molecule has 0 spiro atoms. The molecule has 21 heavy (non-hydrogen) atoms. The Morgan fingerprint density at radius 2 is 2.19 bits per heavy atom. The van der Waals surface area contributed by atoms with Crippen LogP contribution in [0.4, 0.5) is 4.39 Å². The van der Waals surface area contributed by atoms with E-state index in [1.165, 1.54) is 29.7 Å². The maximum Gasteiger partial charge on any atom is 0.132 e. The molecule has 2 aromatic rings. The summed E-state index contributed by atoms with van der Waals surface area (Å²) in [6.45, 7) is 2.78. The predicted octanol–water partition coefficient (Wildman–Crippen LogP) is 3.99. The first kappa shape index (κ1) is 14.9. The Hall–Kier alpha value is -0.970. The number of nitrogens with zero attached hydrogens (tertiary/aromatic N) is 1. The van der Waals surface area contributed by atoms with Gasteiger partial charge in [0.25, 0.3) is 0 Å². The van der Waals surface area contributed by atoms with E-state index in [4.69, 9.17) is 0 Å². The van der Waals surface area contributed by atoms with Crippen LogP contribution >= 0.6 is 11.3 Å². The molecule has 0 saturated heterocycles. The van der Waals surface area contributed by atoms with Gasteiger partial charge in [0.05, 0.1) is 0 Å². The first-order valence-electron chi connectivity index (χ1n) is 7.71. The van der Waals surface area contributed by atoms with E-state index in [1.54, 1.807) is 23.5 Å². The smallest absolute Gasteiger partial charge is 0.132 e. The number of benzene rings is 1. The van der Waals surface area contributed by atoms with E-state index in [-0.39, 0.29) is 5.82 Å². The Kier molecular flexibility index (Phi) is 4.57. The van der Waals surface area contributed by atoms with Gasteiger partial charge in [-0.1, -0.05) is 12.5 Å². The Morgan fingerprint density at radius 3 is 2.86 bits per heavy atom. The van der Waals surface area contributed by atoms with Crippen LogP contribution in [-0.4, -0.2) is 25.5 Å². The van der Waals surface area contributed by atoms with Gasteiger partial charge in [-0.15, -0.1) is 11.3 Å². The van der Waals surface area contributed by atoms with E-state index in [0.717, 1.165) is 35.6 Å². The number of fused-ring (bicyclic) bond motifs is 1. The fourth-order valence-corrected chi connectivity index (χ4v) is 4.38. The van der Waals surface area contributed by atoms with E-state index in [1.807, 2.05) is 13.1 Å². The van der Waals surface area contributed by atoms with E-state index >= 15 is 0 Å². The molecular weight excluding hydrogens is 283 g/mol. The van der Waals surface area contributed by atoms with Crippen molar-refractivity contribution in [3.05, 3.63) is 34.5 Å². The van der Waals surface area contributed by atoms with Crippen LogP contribution in [0.15, 0.2) is 18.2 Å². The molecule has 0 radical (unpaired) electrons. The Labute approximate surface area is 130 Å². The fourth-order valence-electron chi connectivity index (χ4n) is 3.14. The lowest BCUT2D eigenvalue weighted by molar-refractivity contribution is 0.200. The number of nitrogens with one attached hydrogen (secondary N) is 1. The van der Waals surface area contributed by atoms with Gasteiger partial charge in [0.2, 0.25) is 0 Å². The van der Waals surface area contributed by atoms with Crippen molar-refractivity contribution in [2.45, 2.75) is 32.4 Å². The second kappa shape index (κ2) is 6.42. The molecule has 1 aromatic carbocycles. The van der Waals surface area contributed by atoms with Crippen molar-refractivity contribution in [1.29, 1.82) is 0 Å². The number of halogens is 1. The summed E-state index contributed by atoms with van der Waals surface area (Å²) in [6, 6.07) is 5.41. The summed E-state index contributed by atoms with van der Waals surface area (Å²) in [5.41, 5.74) is 1.17. The van der Waals surface area contributed by atoms with Crippen LogP contribution in [0.25, 0.3) is 10.1 Å². The summed E-state index contributed by atoms with van der Waals surface area (Å²) >= 11 is 1.71. The van der Waals surface area contributed by atoms with Crippen molar-refractivity contribution in [3.8, 4) is 0 Å². The number of hydrogen-bond donors (Lipinski definition) is 1. The van der Waals surface area contributed by atoms with E-state index in [9.17, 15) is 4.39 Å². The average molecular weight is 306 g/mol. The molecule has 0 bridgehead atoms. The Bertz CT molecular complexity index is 619. The van der Waals surface area contributed by atoms with Gasteiger partial charge in [0, 0.05) is 34.6 Å². The van der Waals surface area contributed by atoms with E-state index in [2.05, 4.69) is 17.3 Å². The van der Waals surface area contributed by atoms with Crippen LogP contribution in [-0.2, 0) is 13.1 Å². The van der Waals surface area contributed by atoms with Crippen molar-refractivity contribution >= 4 is 21.4 Å². The molecule has 0 atom stereocenters. The second-order valence-corrected chi connectivity index (χ2v) is 7.28. The molecule has 4 heteroatoms. The van der Waals surface area contributed by atoms with Gasteiger partial charge in [-0.2, -0.15) is 0 Å². The van der Waals surface area contributed by atoms with Crippen LogP contribution in [0.3, 0.4) is 0 Å².